The molecule has 2 aliphatic carbocycles. The normalized spacial score (nSPS) is 25.4. The van der Waals surface area contributed by atoms with Crippen LogP contribution in [0.15, 0.2) is 42.5 Å². The van der Waals surface area contributed by atoms with Crippen molar-refractivity contribution in [1.29, 1.82) is 0 Å². The molecule has 0 heterocycles. The van der Waals surface area contributed by atoms with Crippen LogP contribution in [0.4, 0.5) is 13.2 Å². The van der Waals surface area contributed by atoms with Gasteiger partial charge < -0.3 is 4.74 Å². The van der Waals surface area contributed by atoms with Crippen LogP contribution in [0.25, 0.3) is 11.1 Å². The molecule has 0 saturated heterocycles. The van der Waals surface area contributed by atoms with Gasteiger partial charge in [0.05, 0.1) is 6.10 Å². The van der Waals surface area contributed by atoms with Crippen molar-refractivity contribution in [2.75, 3.05) is 6.61 Å². The van der Waals surface area contributed by atoms with Gasteiger partial charge in [-0.1, -0.05) is 24.3 Å². The lowest BCUT2D eigenvalue weighted by atomic mass is 9.65. The molecule has 178 valence electrons. The maximum absolute atomic E-state index is 15.1. The van der Waals surface area contributed by atoms with E-state index in [1.54, 1.807) is 12.1 Å². The summed E-state index contributed by atoms with van der Waals surface area (Å²) < 4.78 is 50.1. The van der Waals surface area contributed by atoms with Gasteiger partial charge >= 0.3 is 0 Å². The first-order valence-electron chi connectivity index (χ1n) is 12.5. The zero-order chi connectivity index (χ0) is 23.4. The largest absolute Gasteiger partial charge is 0.378 e. The Morgan fingerprint density at radius 3 is 2.33 bits per heavy atom. The van der Waals surface area contributed by atoms with Crippen molar-refractivity contribution in [2.45, 2.75) is 77.2 Å². The number of hydrogen-bond acceptors (Lipinski definition) is 1. The van der Waals surface area contributed by atoms with Gasteiger partial charge in [0.2, 0.25) is 0 Å². The molecule has 33 heavy (non-hydrogen) atoms. The Balaban J connectivity index is 1.47. The lowest BCUT2D eigenvalue weighted by Gasteiger charge is -2.42. The highest BCUT2D eigenvalue weighted by molar-refractivity contribution is 5.65. The molecule has 2 fully saturated rings. The highest BCUT2D eigenvalue weighted by atomic mass is 19.1. The molecule has 1 nitrogen and oxygen atoms in total. The van der Waals surface area contributed by atoms with Crippen LogP contribution >= 0.6 is 0 Å². The van der Waals surface area contributed by atoms with E-state index in [1.807, 2.05) is 25.1 Å². The zero-order valence-electron chi connectivity index (χ0n) is 19.8. The lowest BCUT2D eigenvalue weighted by Crippen LogP contribution is -2.33. The molecule has 0 N–H and O–H groups in total. The third kappa shape index (κ3) is 5.54. The highest BCUT2D eigenvalue weighted by Crippen LogP contribution is 2.47. The zero-order valence-corrected chi connectivity index (χ0v) is 19.8. The summed E-state index contributed by atoms with van der Waals surface area (Å²) in [5, 5.41) is 0. The first kappa shape index (κ1) is 24.1. The van der Waals surface area contributed by atoms with Crippen molar-refractivity contribution in [3.05, 3.63) is 71.1 Å². The second-order valence-corrected chi connectivity index (χ2v) is 9.69. The van der Waals surface area contributed by atoms with E-state index in [9.17, 15) is 8.78 Å². The topological polar surface area (TPSA) is 9.23 Å². The fourth-order valence-corrected chi connectivity index (χ4v) is 5.95. The van der Waals surface area contributed by atoms with E-state index in [0.717, 1.165) is 44.3 Å². The minimum atomic E-state index is -0.612. The molecule has 0 aromatic heterocycles. The van der Waals surface area contributed by atoms with Crippen LogP contribution in [0.5, 0.6) is 0 Å². The van der Waals surface area contributed by atoms with Gasteiger partial charge in [-0.15, -0.1) is 0 Å². The lowest BCUT2D eigenvalue weighted by molar-refractivity contribution is -0.00956. The van der Waals surface area contributed by atoms with Crippen molar-refractivity contribution in [2.24, 2.45) is 11.8 Å². The summed E-state index contributed by atoms with van der Waals surface area (Å²) in [4.78, 5) is 0. The summed E-state index contributed by atoms with van der Waals surface area (Å²) in [7, 11) is 0. The number of fused-ring (bicyclic) bond motifs is 1. The van der Waals surface area contributed by atoms with Gasteiger partial charge in [0, 0.05) is 17.7 Å². The van der Waals surface area contributed by atoms with Crippen molar-refractivity contribution in [1.82, 2.24) is 0 Å². The third-order valence-corrected chi connectivity index (χ3v) is 7.68. The average Bonchev–Trinajstić information content (AvgIpc) is 2.80. The van der Waals surface area contributed by atoms with E-state index in [0.29, 0.717) is 36.7 Å². The summed E-state index contributed by atoms with van der Waals surface area (Å²) in [6, 6.07) is 7.74. The van der Waals surface area contributed by atoms with Gasteiger partial charge in [-0.3, -0.25) is 0 Å². The van der Waals surface area contributed by atoms with Crippen LogP contribution in [0.2, 0.25) is 0 Å². The molecule has 0 bridgehead atoms. The fourth-order valence-electron chi connectivity index (χ4n) is 5.95. The minimum absolute atomic E-state index is 0.0599. The predicted octanol–water partition coefficient (Wildman–Crippen LogP) is 8.37. The third-order valence-electron chi connectivity index (χ3n) is 7.68. The second kappa shape index (κ2) is 10.9. The molecule has 4 atom stereocenters. The monoisotopic (exact) mass is 456 g/mol. The number of benzene rings is 2. The number of halogens is 3. The molecule has 4 heteroatoms. The summed E-state index contributed by atoms with van der Waals surface area (Å²) in [6.07, 6.45) is 11.8. The van der Waals surface area contributed by atoms with E-state index in [2.05, 4.69) is 6.92 Å². The maximum atomic E-state index is 15.1. The smallest absolute Gasteiger partial charge is 0.131 e. The minimum Gasteiger partial charge on any atom is -0.378 e. The molecule has 0 aliphatic heterocycles. The van der Waals surface area contributed by atoms with E-state index >= 15 is 4.39 Å². The average molecular weight is 457 g/mol. The first-order valence-corrected chi connectivity index (χ1v) is 12.5. The van der Waals surface area contributed by atoms with Crippen molar-refractivity contribution in [3.8, 4) is 11.1 Å². The number of allylic oxidation sites excluding steroid dienone is 2. The SMILES string of the molecule is C/C=C/CCc1c(F)cc(-c2ccc(C3CCC4CC(OCC)CCC4C3)cc2F)cc1F. The van der Waals surface area contributed by atoms with Crippen LogP contribution < -0.4 is 0 Å². The van der Waals surface area contributed by atoms with Gasteiger partial charge in [-0.25, -0.2) is 13.2 Å². The van der Waals surface area contributed by atoms with E-state index in [1.165, 1.54) is 18.6 Å². The summed E-state index contributed by atoms with van der Waals surface area (Å²) in [6.45, 7) is 4.72. The van der Waals surface area contributed by atoms with Crippen LogP contribution in [0.1, 0.15) is 75.8 Å². The van der Waals surface area contributed by atoms with Crippen LogP contribution in [0.3, 0.4) is 0 Å². The molecule has 0 spiro atoms. The first-order chi connectivity index (χ1) is 16.0. The highest BCUT2D eigenvalue weighted by Gasteiger charge is 2.36. The van der Waals surface area contributed by atoms with Gasteiger partial charge in [0.1, 0.15) is 17.5 Å². The van der Waals surface area contributed by atoms with Crippen LogP contribution in [0, 0.1) is 29.3 Å². The molecule has 2 aromatic carbocycles. The summed E-state index contributed by atoms with van der Waals surface area (Å²) in [5.41, 5.74) is 1.57. The van der Waals surface area contributed by atoms with E-state index in [4.69, 9.17) is 4.74 Å². The fraction of sp³-hybridized carbons (Fsp3) is 0.517. The molecular formula is C29H35F3O. The van der Waals surface area contributed by atoms with Crippen LogP contribution in [-0.4, -0.2) is 12.7 Å². The Morgan fingerprint density at radius 1 is 0.909 bits per heavy atom. The quantitative estimate of drug-likeness (QED) is 0.380. The molecule has 4 unspecified atom stereocenters. The van der Waals surface area contributed by atoms with Gasteiger partial charge in [0.25, 0.3) is 0 Å². The standard InChI is InChI=1S/C29H35F3O/c1-3-5-6-7-26-28(31)17-23(18-29(26)32)25-13-11-22(16-27(25)30)19-8-9-21-15-24(33-4-2)12-10-20(21)14-19/h3,5,11,13,16-21,24H,4,6-10,12,14-15H2,1-2H3/b5-3+. The van der Waals surface area contributed by atoms with Crippen molar-refractivity contribution >= 4 is 0 Å². The van der Waals surface area contributed by atoms with Crippen molar-refractivity contribution in [3.63, 3.8) is 0 Å². The summed E-state index contributed by atoms with van der Waals surface area (Å²) in [5.74, 6) is 0.114. The Bertz CT molecular complexity index is 960. The predicted molar refractivity (Wildman–Crippen MR) is 128 cm³/mol. The van der Waals surface area contributed by atoms with Gasteiger partial charge in [-0.2, -0.15) is 0 Å². The molecule has 2 saturated carbocycles. The molecule has 4 rings (SSSR count). The number of rotatable bonds is 7. The Kier molecular flexibility index (Phi) is 7.95. The molecule has 0 amide bonds. The molecule has 0 radical (unpaired) electrons. The second-order valence-electron chi connectivity index (χ2n) is 9.69. The number of ether oxygens (including phenoxy) is 1. The molecule has 2 aromatic rings. The maximum Gasteiger partial charge on any atom is 0.131 e. The summed E-state index contributed by atoms with van der Waals surface area (Å²) >= 11 is 0. The molecular weight excluding hydrogens is 421 g/mol. The van der Waals surface area contributed by atoms with Crippen molar-refractivity contribution < 1.29 is 17.9 Å². The number of hydrogen-bond donors (Lipinski definition) is 0. The van der Waals surface area contributed by atoms with E-state index in [-0.39, 0.29) is 16.7 Å². The Labute approximate surface area is 196 Å². The van der Waals surface area contributed by atoms with Gasteiger partial charge in [0.15, 0.2) is 0 Å². The Morgan fingerprint density at radius 2 is 1.64 bits per heavy atom. The van der Waals surface area contributed by atoms with E-state index < -0.39 is 17.5 Å². The Hall–Kier alpha value is -2.07. The van der Waals surface area contributed by atoms with Gasteiger partial charge in [-0.05, 0) is 112 Å². The van der Waals surface area contributed by atoms with Crippen LogP contribution in [-0.2, 0) is 11.2 Å². The molecule has 2 aliphatic rings.